The molecule has 0 aliphatic heterocycles. The molecule has 4 atom stereocenters. The number of hydrogen-bond acceptors (Lipinski definition) is 8. The number of carbonyl (C=O) groups is 4. The van der Waals surface area contributed by atoms with Crippen molar-refractivity contribution in [3.63, 3.8) is 0 Å². The number of carboxylic acid groups (broad SMARTS) is 1. The lowest BCUT2D eigenvalue weighted by Crippen LogP contribution is -2.57. The molecular weight excluding hydrogens is 500 g/mol. The van der Waals surface area contributed by atoms with Gasteiger partial charge in [-0.25, -0.2) is 9.78 Å². The third-order valence-corrected chi connectivity index (χ3v) is 5.23. The Morgan fingerprint density at radius 2 is 1.50 bits per heavy atom. The van der Waals surface area contributed by atoms with Crippen LogP contribution in [-0.2, 0) is 25.6 Å². The SMILES string of the molecule is CC(NC(=O)C(N)CCCN=C(N)N)C(=O)NC(Cc1cnc[nH]1)C(=O)NC(CCCN=C(N)N)C(=O)O. The monoisotopic (exact) mass is 538 g/mol. The molecule has 212 valence electrons. The Labute approximate surface area is 219 Å². The third kappa shape index (κ3) is 12.5. The molecule has 38 heavy (non-hydrogen) atoms. The summed E-state index contributed by atoms with van der Waals surface area (Å²) in [6.07, 6.45) is 3.93. The van der Waals surface area contributed by atoms with E-state index in [1.165, 1.54) is 19.4 Å². The number of carboxylic acids is 1. The standard InChI is InChI=1S/C21H38N12O5/c1-11(31-17(35)13(22)4-2-6-28-20(23)24)16(34)33-15(8-12-9-27-10-30-12)18(36)32-14(19(37)38)5-3-7-29-21(25)26/h9-11,13-15H,2-8,22H2,1H3,(H,27,30)(H,31,35)(H,32,36)(H,33,34)(H,37,38)(H4,23,24,28)(H4,25,26,29). The van der Waals surface area contributed by atoms with E-state index in [1.807, 2.05) is 0 Å². The molecule has 1 heterocycles. The molecule has 0 saturated heterocycles. The number of amides is 3. The molecule has 0 bridgehead atoms. The van der Waals surface area contributed by atoms with E-state index in [9.17, 15) is 24.3 Å². The highest BCUT2D eigenvalue weighted by molar-refractivity contribution is 5.94. The number of nitrogens with one attached hydrogen (secondary N) is 4. The first-order valence-electron chi connectivity index (χ1n) is 11.9. The zero-order valence-electron chi connectivity index (χ0n) is 21.2. The summed E-state index contributed by atoms with van der Waals surface area (Å²) < 4.78 is 0. The van der Waals surface area contributed by atoms with Crippen LogP contribution >= 0.6 is 0 Å². The number of aromatic amines is 1. The number of hydrogen-bond donors (Lipinski definition) is 10. The predicted octanol–water partition coefficient (Wildman–Crippen LogP) is -4.05. The van der Waals surface area contributed by atoms with Crippen molar-refractivity contribution >= 4 is 35.6 Å². The first kappa shape index (κ1) is 31.6. The van der Waals surface area contributed by atoms with E-state index in [2.05, 4.69) is 35.9 Å². The van der Waals surface area contributed by atoms with Crippen LogP contribution in [0.4, 0.5) is 0 Å². The molecule has 0 radical (unpaired) electrons. The maximum Gasteiger partial charge on any atom is 0.326 e. The zero-order chi connectivity index (χ0) is 28.7. The van der Waals surface area contributed by atoms with Crippen molar-refractivity contribution in [1.82, 2.24) is 25.9 Å². The summed E-state index contributed by atoms with van der Waals surface area (Å²) in [4.78, 5) is 64.1. The lowest BCUT2D eigenvalue weighted by Gasteiger charge is -2.23. The maximum atomic E-state index is 13.0. The molecule has 17 heteroatoms. The van der Waals surface area contributed by atoms with Crippen molar-refractivity contribution in [1.29, 1.82) is 0 Å². The van der Waals surface area contributed by atoms with Crippen LogP contribution in [0.2, 0.25) is 0 Å². The van der Waals surface area contributed by atoms with Gasteiger partial charge in [0.25, 0.3) is 0 Å². The summed E-state index contributed by atoms with van der Waals surface area (Å²) in [6.45, 7) is 1.91. The zero-order valence-corrected chi connectivity index (χ0v) is 21.2. The van der Waals surface area contributed by atoms with Crippen LogP contribution in [0.3, 0.4) is 0 Å². The lowest BCUT2D eigenvalue weighted by molar-refractivity contribution is -0.142. The Morgan fingerprint density at radius 3 is 2.03 bits per heavy atom. The average Bonchev–Trinajstić information content (AvgIpc) is 3.35. The summed E-state index contributed by atoms with van der Waals surface area (Å²) in [7, 11) is 0. The molecule has 0 aliphatic carbocycles. The molecular formula is C21H38N12O5. The second kappa shape index (κ2) is 16.4. The molecule has 0 aromatic carbocycles. The van der Waals surface area contributed by atoms with Crippen LogP contribution in [0.1, 0.15) is 38.3 Å². The molecule has 1 rings (SSSR count). The second-order valence-corrected chi connectivity index (χ2v) is 8.48. The number of aliphatic imine (C=N–C) groups is 2. The number of aromatic nitrogens is 2. The van der Waals surface area contributed by atoms with Crippen molar-refractivity contribution in [3.8, 4) is 0 Å². The lowest BCUT2D eigenvalue weighted by atomic mass is 10.1. The molecule has 0 saturated carbocycles. The maximum absolute atomic E-state index is 13.0. The van der Waals surface area contributed by atoms with E-state index in [0.29, 0.717) is 25.1 Å². The van der Waals surface area contributed by atoms with Crippen LogP contribution in [0.15, 0.2) is 22.5 Å². The number of aliphatic carboxylic acids is 1. The Hall–Kier alpha value is -4.41. The molecule has 0 aliphatic rings. The van der Waals surface area contributed by atoms with Gasteiger partial charge in [-0.1, -0.05) is 0 Å². The number of H-pyrrole nitrogens is 1. The van der Waals surface area contributed by atoms with Gasteiger partial charge in [0.15, 0.2) is 11.9 Å². The Balaban J connectivity index is 2.79. The van der Waals surface area contributed by atoms with Crippen LogP contribution in [0.25, 0.3) is 0 Å². The largest absolute Gasteiger partial charge is 0.480 e. The molecule has 0 fully saturated rings. The van der Waals surface area contributed by atoms with Gasteiger partial charge in [-0.05, 0) is 32.6 Å². The van der Waals surface area contributed by atoms with Crippen molar-refractivity contribution in [2.75, 3.05) is 13.1 Å². The fourth-order valence-corrected chi connectivity index (χ4v) is 3.19. The third-order valence-electron chi connectivity index (χ3n) is 5.23. The summed E-state index contributed by atoms with van der Waals surface area (Å²) in [6, 6.07) is -4.36. The van der Waals surface area contributed by atoms with E-state index < -0.39 is 47.9 Å². The Kier molecular flexibility index (Phi) is 13.6. The van der Waals surface area contributed by atoms with Gasteiger partial charge >= 0.3 is 5.97 Å². The van der Waals surface area contributed by atoms with Gasteiger partial charge in [0.1, 0.15) is 18.1 Å². The van der Waals surface area contributed by atoms with Gasteiger partial charge in [-0.15, -0.1) is 0 Å². The highest BCUT2D eigenvalue weighted by Gasteiger charge is 2.29. The van der Waals surface area contributed by atoms with Gasteiger partial charge in [0.05, 0.1) is 12.4 Å². The quantitative estimate of drug-likeness (QED) is 0.0516. The minimum absolute atomic E-state index is 0.0110. The molecule has 1 aromatic heterocycles. The van der Waals surface area contributed by atoms with Crippen LogP contribution < -0.4 is 44.6 Å². The van der Waals surface area contributed by atoms with Crippen LogP contribution in [0, 0.1) is 0 Å². The summed E-state index contributed by atoms with van der Waals surface area (Å²) in [5, 5.41) is 17.0. The summed E-state index contributed by atoms with van der Waals surface area (Å²) in [5.74, 6) is -3.44. The van der Waals surface area contributed by atoms with Crippen molar-refractivity contribution in [3.05, 3.63) is 18.2 Å². The van der Waals surface area contributed by atoms with E-state index in [0.717, 1.165) is 0 Å². The topological polar surface area (TPSA) is 308 Å². The minimum Gasteiger partial charge on any atom is -0.480 e. The molecule has 17 nitrogen and oxygen atoms in total. The van der Waals surface area contributed by atoms with Gasteiger partial charge < -0.3 is 54.7 Å². The highest BCUT2D eigenvalue weighted by atomic mass is 16.4. The fraction of sp³-hybridized carbons (Fsp3) is 0.571. The van der Waals surface area contributed by atoms with Crippen molar-refractivity contribution < 1.29 is 24.3 Å². The second-order valence-electron chi connectivity index (χ2n) is 8.48. The van der Waals surface area contributed by atoms with Crippen LogP contribution in [-0.4, -0.2) is 87.9 Å². The van der Waals surface area contributed by atoms with E-state index in [-0.39, 0.29) is 37.7 Å². The van der Waals surface area contributed by atoms with Crippen molar-refractivity contribution in [2.45, 2.75) is 63.2 Å². The smallest absolute Gasteiger partial charge is 0.326 e. The first-order valence-corrected chi connectivity index (χ1v) is 11.9. The minimum atomic E-state index is -1.26. The number of imidazole rings is 1. The van der Waals surface area contributed by atoms with E-state index in [4.69, 9.17) is 28.7 Å². The molecule has 3 amide bonds. The number of nitrogens with two attached hydrogens (primary N) is 5. The van der Waals surface area contributed by atoms with Gasteiger partial charge in [0, 0.05) is 31.4 Å². The Bertz CT molecular complexity index is 973. The van der Waals surface area contributed by atoms with Gasteiger partial charge in [-0.2, -0.15) is 0 Å². The predicted molar refractivity (Wildman–Crippen MR) is 139 cm³/mol. The summed E-state index contributed by atoms with van der Waals surface area (Å²) in [5.41, 5.74) is 27.4. The van der Waals surface area contributed by atoms with Crippen LogP contribution in [0.5, 0.6) is 0 Å². The van der Waals surface area contributed by atoms with Gasteiger partial charge in [-0.3, -0.25) is 24.4 Å². The number of carbonyl (C=O) groups excluding carboxylic acids is 3. The van der Waals surface area contributed by atoms with Gasteiger partial charge in [0.2, 0.25) is 17.7 Å². The normalized spacial score (nSPS) is 13.7. The number of nitrogens with zero attached hydrogens (tertiary/aromatic N) is 3. The first-order chi connectivity index (χ1) is 17.9. The number of rotatable bonds is 17. The molecule has 0 spiro atoms. The Morgan fingerprint density at radius 1 is 0.921 bits per heavy atom. The molecule has 15 N–H and O–H groups in total. The highest BCUT2D eigenvalue weighted by Crippen LogP contribution is 2.04. The number of guanidine groups is 2. The summed E-state index contributed by atoms with van der Waals surface area (Å²) >= 11 is 0. The fourth-order valence-electron chi connectivity index (χ4n) is 3.19. The van der Waals surface area contributed by atoms with E-state index >= 15 is 0 Å². The average molecular weight is 539 g/mol. The molecule has 4 unspecified atom stereocenters. The molecule has 1 aromatic rings. The van der Waals surface area contributed by atoms with Crippen molar-refractivity contribution in [2.24, 2.45) is 38.7 Å². The van der Waals surface area contributed by atoms with E-state index in [1.54, 1.807) is 0 Å².